The van der Waals surface area contributed by atoms with Crippen LogP contribution in [0.15, 0.2) is 5.16 Å². The summed E-state index contributed by atoms with van der Waals surface area (Å²) in [5, 5.41) is 7.06. The van der Waals surface area contributed by atoms with Crippen molar-refractivity contribution in [1.29, 1.82) is 0 Å². The molecule has 5 nitrogen and oxygen atoms in total. The Morgan fingerprint density at radius 3 is 2.57 bits per heavy atom. The van der Waals surface area contributed by atoms with Crippen molar-refractivity contribution < 1.29 is 8.42 Å². The first-order valence-electron chi connectivity index (χ1n) is 4.31. The van der Waals surface area contributed by atoms with Crippen molar-refractivity contribution in [2.24, 2.45) is 0 Å². The minimum Gasteiger partial charge on any atom is -0.301 e. The minimum atomic E-state index is -3.78. The third-order valence-corrected chi connectivity index (χ3v) is 3.01. The lowest BCUT2D eigenvalue weighted by Gasteiger charge is -2.04. The monoisotopic (exact) mass is 237 g/mol. The smallest absolute Gasteiger partial charge is 0.296 e. The normalized spacial score (nSPS) is 11.9. The minimum absolute atomic E-state index is 0.162. The molecule has 1 heterocycles. The summed E-state index contributed by atoms with van der Waals surface area (Å²) in [4.78, 5) is 0. The highest BCUT2D eigenvalue weighted by Gasteiger charge is 2.20. The molecule has 0 aliphatic heterocycles. The lowest BCUT2D eigenvalue weighted by atomic mass is 10.3. The van der Waals surface area contributed by atoms with E-state index in [0.29, 0.717) is 12.4 Å². The van der Waals surface area contributed by atoms with Crippen LogP contribution in [0.25, 0.3) is 0 Å². The number of halogens is 1. The van der Waals surface area contributed by atoms with Crippen molar-refractivity contribution in [3.05, 3.63) is 5.82 Å². The van der Waals surface area contributed by atoms with E-state index in [1.165, 1.54) is 4.57 Å². The van der Waals surface area contributed by atoms with E-state index in [-0.39, 0.29) is 5.16 Å². The molecule has 0 amide bonds. The lowest BCUT2D eigenvalue weighted by molar-refractivity contribution is 0.547. The summed E-state index contributed by atoms with van der Waals surface area (Å²) in [5.74, 6) is 0.567. The molecule has 0 N–H and O–H groups in total. The average molecular weight is 238 g/mol. The maximum Gasteiger partial charge on any atom is 0.296 e. The van der Waals surface area contributed by atoms with Gasteiger partial charge in [0.2, 0.25) is 0 Å². The van der Waals surface area contributed by atoms with Crippen LogP contribution < -0.4 is 0 Å². The zero-order valence-corrected chi connectivity index (χ0v) is 9.64. The number of hydrogen-bond donors (Lipinski definition) is 0. The first-order valence-corrected chi connectivity index (χ1v) is 6.62. The van der Waals surface area contributed by atoms with Gasteiger partial charge in [0.15, 0.2) is 0 Å². The topological polar surface area (TPSA) is 64.8 Å². The van der Waals surface area contributed by atoms with E-state index in [4.69, 9.17) is 10.7 Å². The Morgan fingerprint density at radius 2 is 2.07 bits per heavy atom. The predicted octanol–water partition coefficient (Wildman–Crippen LogP) is 1.31. The van der Waals surface area contributed by atoms with Gasteiger partial charge in [0.1, 0.15) is 5.82 Å². The number of aryl methyl sites for hydroxylation is 1. The van der Waals surface area contributed by atoms with Gasteiger partial charge in [-0.3, -0.25) is 0 Å². The highest BCUT2D eigenvalue weighted by Crippen LogP contribution is 2.14. The Morgan fingerprint density at radius 1 is 1.43 bits per heavy atom. The second kappa shape index (κ2) is 4.27. The molecular weight excluding hydrogens is 226 g/mol. The molecule has 0 radical (unpaired) electrons. The van der Waals surface area contributed by atoms with Gasteiger partial charge in [-0.05, 0) is 13.3 Å². The average Bonchev–Trinajstić information content (AvgIpc) is 2.42. The first kappa shape index (κ1) is 11.5. The second-order valence-electron chi connectivity index (χ2n) is 2.97. The molecule has 0 aromatic carbocycles. The maximum atomic E-state index is 11.1. The molecule has 80 valence electrons. The molecule has 0 saturated heterocycles. The number of hydrogen-bond acceptors (Lipinski definition) is 4. The molecule has 0 spiro atoms. The van der Waals surface area contributed by atoms with Crippen molar-refractivity contribution in [2.45, 2.75) is 38.4 Å². The molecule has 7 heteroatoms. The van der Waals surface area contributed by atoms with Crippen LogP contribution in [-0.4, -0.2) is 23.2 Å². The molecule has 0 aliphatic rings. The maximum absolute atomic E-state index is 11.1. The zero-order valence-electron chi connectivity index (χ0n) is 8.07. The summed E-state index contributed by atoms with van der Waals surface area (Å²) in [7, 11) is 1.42. The van der Waals surface area contributed by atoms with E-state index in [1.807, 2.05) is 6.92 Å². The van der Waals surface area contributed by atoms with Crippen LogP contribution in [-0.2, 0) is 15.6 Å². The van der Waals surface area contributed by atoms with E-state index in [0.717, 1.165) is 12.8 Å². The fourth-order valence-corrected chi connectivity index (χ4v) is 2.08. The molecule has 0 unspecified atom stereocenters. The summed E-state index contributed by atoms with van der Waals surface area (Å²) in [5.41, 5.74) is 0. The summed E-state index contributed by atoms with van der Waals surface area (Å²) in [6.45, 7) is 4.30. The molecule has 0 atom stereocenters. The molecule has 0 aliphatic carbocycles. The molecular formula is C7H12ClN3O2S. The number of rotatable bonds is 4. The van der Waals surface area contributed by atoms with E-state index < -0.39 is 9.05 Å². The fraction of sp³-hybridized carbons (Fsp3) is 0.714. The number of unbranched alkanes of at least 4 members (excludes halogenated alkanes) is 1. The fourth-order valence-electron chi connectivity index (χ4n) is 1.12. The third kappa shape index (κ3) is 2.45. The molecule has 1 rings (SSSR count). The van der Waals surface area contributed by atoms with Crippen LogP contribution in [0, 0.1) is 6.92 Å². The van der Waals surface area contributed by atoms with Crippen molar-refractivity contribution in [3.8, 4) is 0 Å². The van der Waals surface area contributed by atoms with Gasteiger partial charge in [-0.15, -0.1) is 10.2 Å². The van der Waals surface area contributed by atoms with Gasteiger partial charge in [0.05, 0.1) is 0 Å². The largest absolute Gasteiger partial charge is 0.301 e. The van der Waals surface area contributed by atoms with Crippen LogP contribution in [0.5, 0.6) is 0 Å². The van der Waals surface area contributed by atoms with Gasteiger partial charge in [-0.1, -0.05) is 13.3 Å². The summed E-state index contributed by atoms with van der Waals surface area (Å²) < 4.78 is 23.7. The Hall–Kier alpha value is -0.620. The Bertz CT molecular complexity index is 413. The van der Waals surface area contributed by atoms with Crippen LogP contribution in [0.4, 0.5) is 0 Å². The SMILES string of the molecule is CCCCn1c(C)nnc1S(=O)(=O)Cl. The first-order chi connectivity index (χ1) is 6.46. The molecule has 1 aromatic rings. The van der Waals surface area contributed by atoms with E-state index in [1.54, 1.807) is 6.92 Å². The zero-order chi connectivity index (χ0) is 10.8. The highest BCUT2D eigenvalue weighted by atomic mass is 35.7. The Balaban J connectivity index is 3.07. The predicted molar refractivity (Wildman–Crippen MR) is 52.7 cm³/mol. The van der Waals surface area contributed by atoms with E-state index >= 15 is 0 Å². The summed E-state index contributed by atoms with van der Waals surface area (Å²) in [6.07, 6.45) is 1.84. The Kier molecular flexibility index (Phi) is 3.49. The summed E-state index contributed by atoms with van der Waals surface area (Å²) in [6, 6.07) is 0. The molecule has 1 aromatic heterocycles. The van der Waals surface area contributed by atoms with Gasteiger partial charge in [0.25, 0.3) is 14.2 Å². The molecule has 0 bridgehead atoms. The van der Waals surface area contributed by atoms with E-state index in [2.05, 4.69) is 10.2 Å². The quantitative estimate of drug-likeness (QED) is 0.741. The van der Waals surface area contributed by atoms with Crippen LogP contribution in [0.1, 0.15) is 25.6 Å². The summed E-state index contributed by atoms with van der Waals surface area (Å²) >= 11 is 0. The number of nitrogens with zero attached hydrogens (tertiary/aromatic N) is 3. The van der Waals surface area contributed by atoms with Gasteiger partial charge < -0.3 is 4.57 Å². The third-order valence-electron chi connectivity index (χ3n) is 1.86. The molecule has 0 fully saturated rings. The van der Waals surface area contributed by atoms with Crippen molar-refractivity contribution in [3.63, 3.8) is 0 Å². The lowest BCUT2D eigenvalue weighted by Crippen LogP contribution is -2.08. The second-order valence-corrected chi connectivity index (χ2v) is 5.43. The van der Waals surface area contributed by atoms with Crippen LogP contribution in [0.3, 0.4) is 0 Å². The van der Waals surface area contributed by atoms with Crippen molar-refractivity contribution in [2.75, 3.05) is 0 Å². The van der Waals surface area contributed by atoms with Gasteiger partial charge in [0, 0.05) is 17.2 Å². The van der Waals surface area contributed by atoms with Gasteiger partial charge in [-0.25, -0.2) is 8.42 Å². The van der Waals surface area contributed by atoms with Gasteiger partial charge in [-0.2, -0.15) is 0 Å². The van der Waals surface area contributed by atoms with E-state index in [9.17, 15) is 8.42 Å². The van der Waals surface area contributed by atoms with Gasteiger partial charge >= 0.3 is 0 Å². The molecule has 14 heavy (non-hydrogen) atoms. The van der Waals surface area contributed by atoms with Crippen LogP contribution in [0.2, 0.25) is 0 Å². The highest BCUT2D eigenvalue weighted by molar-refractivity contribution is 8.13. The Labute approximate surface area is 87.5 Å². The standard InChI is InChI=1S/C7H12ClN3O2S/c1-3-4-5-11-6(2)9-10-7(11)14(8,12)13/h3-5H2,1-2H3. The molecule has 0 saturated carbocycles. The van der Waals surface area contributed by atoms with Crippen molar-refractivity contribution in [1.82, 2.24) is 14.8 Å². The van der Waals surface area contributed by atoms with Crippen molar-refractivity contribution >= 4 is 19.7 Å². The van der Waals surface area contributed by atoms with Crippen LogP contribution >= 0.6 is 10.7 Å². The number of aromatic nitrogens is 3.